The van der Waals surface area contributed by atoms with Crippen LogP contribution in [0.15, 0.2) is 78.4 Å². The zero-order valence-corrected chi connectivity index (χ0v) is 19.5. The number of rotatable bonds is 6. The summed E-state index contributed by atoms with van der Waals surface area (Å²) >= 11 is 6.30. The number of carbonyl (C=O) groups excluding carboxylic acids is 2. The molecule has 1 heterocycles. The number of aliphatic hydroxyl groups excluding tert-OH is 1. The van der Waals surface area contributed by atoms with Gasteiger partial charge in [0.15, 0.2) is 0 Å². The molecule has 186 valence electrons. The van der Waals surface area contributed by atoms with E-state index < -0.39 is 35.6 Å². The van der Waals surface area contributed by atoms with Crippen molar-refractivity contribution >= 4 is 34.7 Å². The fraction of sp³-hybridized carbons (Fsp3) is 0.154. The van der Waals surface area contributed by atoms with Crippen LogP contribution in [0.1, 0.15) is 24.1 Å². The third-order valence-electron chi connectivity index (χ3n) is 5.39. The smallest absolute Gasteiger partial charge is 0.507 e. The SMILES string of the molecule is CCOc1ccc(Cl)c(/C(O)=C2\C(=O)C(=O)N(c3cccc(OC(F)(F)F)c3)C2c2ccccc2)c1. The van der Waals surface area contributed by atoms with Gasteiger partial charge in [-0.1, -0.05) is 48.0 Å². The minimum absolute atomic E-state index is 0.0269. The number of ketones is 1. The number of hydrogen-bond donors (Lipinski definition) is 1. The Bertz CT molecular complexity index is 1340. The molecule has 1 fully saturated rings. The Labute approximate surface area is 209 Å². The van der Waals surface area contributed by atoms with Gasteiger partial charge in [0.05, 0.1) is 23.2 Å². The summed E-state index contributed by atoms with van der Waals surface area (Å²) in [4.78, 5) is 27.4. The summed E-state index contributed by atoms with van der Waals surface area (Å²) in [5.74, 6) is -2.79. The molecule has 0 saturated carbocycles. The number of hydrogen-bond acceptors (Lipinski definition) is 5. The lowest BCUT2D eigenvalue weighted by molar-refractivity contribution is -0.274. The number of Topliss-reactive ketones (excluding diaryl/α,β-unsaturated/α-hetero) is 1. The Hall–Kier alpha value is -3.98. The van der Waals surface area contributed by atoms with E-state index in [0.29, 0.717) is 17.9 Å². The summed E-state index contributed by atoms with van der Waals surface area (Å²) in [6.45, 7) is 2.11. The molecule has 0 aromatic heterocycles. The topological polar surface area (TPSA) is 76.1 Å². The first-order chi connectivity index (χ1) is 17.1. The van der Waals surface area contributed by atoms with Crippen LogP contribution < -0.4 is 14.4 Å². The van der Waals surface area contributed by atoms with E-state index in [4.69, 9.17) is 16.3 Å². The average molecular weight is 518 g/mol. The summed E-state index contributed by atoms with van der Waals surface area (Å²) in [6, 6.07) is 16.4. The maximum Gasteiger partial charge on any atom is 0.573 e. The summed E-state index contributed by atoms with van der Waals surface area (Å²) in [5.41, 5.74) is 0.206. The number of ether oxygens (including phenoxy) is 2. The molecule has 1 N–H and O–H groups in total. The lowest BCUT2D eigenvalue weighted by atomic mass is 9.95. The first kappa shape index (κ1) is 25.1. The number of nitrogens with zero attached hydrogens (tertiary/aromatic N) is 1. The molecule has 1 saturated heterocycles. The third kappa shape index (κ3) is 5.01. The first-order valence-corrected chi connectivity index (χ1v) is 11.1. The van der Waals surface area contributed by atoms with Crippen molar-refractivity contribution in [1.82, 2.24) is 0 Å². The van der Waals surface area contributed by atoms with Gasteiger partial charge in [0.2, 0.25) is 0 Å². The third-order valence-corrected chi connectivity index (χ3v) is 5.72. The highest BCUT2D eigenvalue weighted by atomic mass is 35.5. The second-order valence-electron chi connectivity index (χ2n) is 7.70. The van der Waals surface area contributed by atoms with E-state index in [2.05, 4.69) is 4.74 Å². The molecule has 0 aliphatic carbocycles. The fourth-order valence-electron chi connectivity index (χ4n) is 3.97. The van der Waals surface area contributed by atoms with Crippen LogP contribution in [0.4, 0.5) is 18.9 Å². The summed E-state index contributed by atoms with van der Waals surface area (Å²) in [6.07, 6.45) is -4.95. The van der Waals surface area contributed by atoms with Crippen LogP contribution in [0.25, 0.3) is 5.76 Å². The van der Waals surface area contributed by atoms with Crippen molar-refractivity contribution in [2.24, 2.45) is 0 Å². The number of alkyl halides is 3. The van der Waals surface area contributed by atoms with Crippen LogP contribution in [-0.2, 0) is 9.59 Å². The lowest BCUT2D eigenvalue weighted by Crippen LogP contribution is -2.29. The van der Waals surface area contributed by atoms with Crippen molar-refractivity contribution in [2.75, 3.05) is 11.5 Å². The van der Waals surface area contributed by atoms with E-state index in [-0.39, 0.29) is 21.8 Å². The van der Waals surface area contributed by atoms with Gasteiger partial charge in [0.1, 0.15) is 17.3 Å². The summed E-state index contributed by atoms with van der Waals surface area (Å²) in [5, 5.41) is 11.4. The van der Waals surface area contributed by atoms with Crippen LogP contribution in [-0.4, -0.2) is 29.8 Å². The number of benzene rings is 3. The van der Waals surface area contributed by atoms with Crippen LogP contribution in [0.5, 0.6) is 11.5 Å². The van der Waals surface area contributed by atoms with Gasteiger partial charge < -0.3 is 14.6 Å². The predicted molar refractivity (Wildman–Crippen MR) is 127 cm³/mol. The number of anilines is 1. The monoisotopic (exact) mass is 517 g/mol. The Morgan fingerprint density at radius 2 is 1.72 bits per heavy atom. The number of halogens is 4. The van der Waals surface area contributed by atoms with Gasteiger partial charge in [-0.25, -0.2) is 0 Å². The van der Waals surface area contributed by atoms with Gasteiger partial charge in [-0.05, 0) is 42.8 Å². The van der Waals surface area contributed by atoms with Gasteiger partial charge >= 0.3 is 6.36 Å². The highest BCUT2D eigenvalue weighted by molar-refractivity contribution is 6.52. The molecular formula is C26H19ClF3NO5. The van der Waals surface area contributed by atoms with Gasteiger partial charge in [-0.15, -0.1) is 13.2 Å². The van der Waals surface area contributed by atoms with Gasteiger partial charge in [0, 0.05) is 17.3 Å². The maximum absolute atomic E-state index is 13.2. The van der Waals surface area contributed by atoms with Crippen molar-refractivity contribution in [2.45, 2.75) is 19.3 Å². The first-order valence-electron chi connectivity index (χ1n) is 10.7. The quantitative estimate of drug-likeness (QED) is 0.237. The van der Waals surface area contributed by atoms with E-state index in [1.165, 1.54) is 24.3 Å². The van der Waals surface area contributed by atoms with Crippen molar-refractivity contribution < 1.29 is 37.3 Å². The molecule has 1 atom stereocenters. The fourth-order valence-corrected chi connectivity index (χ4v) is 4.17. The molecule has 36 heavy (non-hydrogen) atoms. The van der Waals surface area contributed by atoms with E-state index in [0.717, 1.165) is 17.0 Å². The Kier molecular flexibility index (Phi) is 6.94. The predicted octanol–water partition coefficient (Wildman–Crippen LogP) is 6.26. The Balaban J connectivity index is 1.90. The lowest BCUT2D eigenvalue weighted by Gasteiger charge is -2.26. The molecule has 1 aliphatic rings. The van der Waals surface area contributed by atoms with Crippen molar-refractivity contribution in [3.8, 4) is 11.5 Å². The molecule has 3 aromatic carbocycles. The molecule has 4 rings (SSSR count). The molecule has 6 nitrogen and oxygen atoms in total. The number of carbonyl (C=O) groups is 2. The number of aliphatic hydroxyl groups is 1. The summed E-state index contributed by atoms with van der Waals surface area (Å²) in [7, 11) is 0. The van der Waals surface area contributed by atoms with Crippen LogP contribution in [0, 0.1) is 0 Å². The summed E-state index contributed by atoms with van der Waals surface area (Å²) < 4.78 is 47.8. The zero-order chi connectivity index (χ0) is 26.0. The second kappa shape index (κ2) is 9.94. The van der Waals surface area contributed by atoms with E-state index in [1.807, 2.05) is 0 Å². The zero-order valence-electron chi connectivity index (χ0n) is 18.8. The largest absolute Gasteiger partial charge is 0.573 e. The average Bonchev–Trinajstić information content (AvgIpc) is 3.10. The Morgan fingerprint density at radius 3 is 2.39 bits per heavy atom. The van der Waals surface area contributed by atoms with Gasteiger partial charge in [-0.3, -0.25) is 14.5 Å². The second-order valence-corrected chi connectivity index (χ2v) is 8.11. The van der Waals surface area contributed by atoms with Crippen molar-refractivity contribution in [3.05, 3.63) is 94.5 Å². The van der Waals surface area contributed by atoms with Crippen LogP contribution >= 0.6 is 11.6 Å². The highest BCUT2D eigenvalue weighted by Crippen LogP contribution is 2.44. The molecule has 0 spiro atoms. The minimum Gasteiger partial charge on any atom is -0.507 e. The molecule has 1 amide bonds. The molecule has 10 heteroatoms. The minimum atomic E-state index is -4.95. The standard InChI is InChI=1S/C26H19ClF3NO5/c1-2-35-17-11-12-20(27)19(14-17)23(32)21-22(15-7-4-3-5-8-15)31(25(34)24(21)33)16-9-6-10-18(13-16)36-26(28,29)30/h3-14,22,32H,2H2,1H3/b23-21+. The Morgan fingerprint density at radius 1 is 1.00 bits per heavy atom. The van der Waals surface area contributed by atoms with Crippen molar-refractivity contribution in [3.63, 3.8) is 0 Å². The van der Waals surface area contributed by atoms with E-state index in [9.17, 15) is 27.9 Å². The van der Waals surface area contributed by atoms with Crippen LogP contribution in [0.2, 0.25) is 5.02 Å². The normalized spacial score (nSPS) is 17.4. The highest BCUT2D eigenvalue weighted by Gasteiger charge is 2.47. The van der Waals surface area contributed by atoms with Crippen LogP contribution in [0.3, 0.4) is 0 Å². The molecule has 3 aromatic rings. The molecule has 0 bridgehead atoms. The molecule has 1 aliphatic heterocycles. The van der Waals surface area contributed by atoms with Gasteiger partial charge in [-0.2, -0.15) is 0 Å². The molecule has 1 unspecified atom stereocenters. The molecule has 0 radical (unpaired) electrons. The maximum atomic E-state index is 13.2. The van der Waals surface area contributed by atoms with E-state index in [1.54, 1.807) is 43.3 Å². The van der Waals surface area contributed by atoms with E-state index >= 15 is 0 Å². The number of amides is 1. The molecular weight excluding hydrogens is 499 g/mol. The van der Waals surface area contributed by atoms with Crippen molar-refractivity contribution in [1.29, 1.82) is 0 Å². The van der Waals surface area contributed by atoms with Gasteiger partial charge in [0.25, 0.3) is 11.7 Å².